The van der Waals surface area contributed by atoms with E-state index in [4.69, 9.17) is 4.74 Å². The molecule has 0 bridgehead atoms. The van der Waals surface area contributed by atoms with E-state index < -0.39 is 15.9 Å². The van der Waals surface area contributed by atoms with Crippen LogP contribution in [0.25, 0.3) is 0 Å². The molecule has 2 aromatic carbocycles. The molecular weight excluding hydrogens is 374 g/mol. The summed E-state index contributed by atoms with van der Waals surface area (Å²) in [6.45, 7) is 7.92. The van der Waals surface area contributed by atoms with Gasteiger partial charge >= 0.3 is 0 Å². The van der Waals surface area contributed by atoms with Gasteiger partial charge in [0, 0.05) is 6.26 Å². The van der Waals surface area contributed by atoms with Crippen LogP contribution < -0.4 is 10.1 Å². The van der Waals surface area contributed by atoms with Crippen molar-refractivity contribution in [2.75, 3.05) is 6.26 Å². The Hall–Kier alpha value is -2.34. The fourth-order valence-corrected chi connectivity index (χ4v) is 3.54. The lowest BCUT2D eigenvalue weighted by Crippen LogP contribution is -2.40. The van der Waals surface area contributed by atoms with Crippen molar-refractivity contribution < 1.29 is 17.9 Å². The molecule has 2 unspecified atom stereocenters. The number of amides is 1. The molecule has 0 radical (unpaired) electrons. The van der Waals surface area contributed by atoms with Crippen LogP contribution in [0.1, 0.15) is 49.4 Å². The van der Waals surface area contributed by atoms with Gasteiger partial charge in [0.25, 0.3) is 5.91 Å². The molecule has 0 saturated carbocycles. The monoisotopic (exact) mass is 403 g/mol. The molecule has 2 atom stereocenters. The van der Waals surface area contributed by atoms with E-state index >= 15 is 0 Å². The van der Waals surface area contributed by atoms with Crippen LogP contribution in [0.4, 0.5) is 0 Å². The van der Waals surface area contributed by atoms with Crippen LogP contribution in [-0.4, -0.2) is 26.7 Å². The fraction of sp³-hybridized carbons (Fsp3) is 0.409. The van der Waals surface area contributed by atoms with Crippen molar-refractivity contribution in [2.24, 2.45) is 0 Å². The Morgan fingerprint density at radius 1 is 1.00 bits per heavy atom. The molecular formula is C22H29NO4S. The third-order valence-electron chi connectivity index (χ3n) is 4.86. The minimum atomic E-state index is -3.24. The van der Waals surface area contributed by atoms with Gasteiger partial charge in [-0.3, -0.25) is 4.79 Å². The number of ether oxygens (including phenoxy) is 1. The molecule has 6 heteroatoms. The SMILES string of the molecule is CCC(Oc1ccc(C)c(C)c1)C(=O)NC(CC)c1ccc(S(C)(=O)=O)cc1. The van der Waals surface area contributed by atoms with Crippen molar-refractivity contribution in [2.45, 2.75) is 57.6 Å². The number of benzene rings is 2. The highest BCUT2D eigenvalue weighted by atomic mass is 32.2. The quantitative estimate of drug-likeness (QED) is 0.719. The average molecular weight is 404 g/mol. The van der Waals surface area contributed by atoms with E-state index in [9.17, 15) is 13.2 Å². The maximum atomic E-state index is 12.8. The molecule has 2 aromatic rings. The van der Waals surface area contributed by atoms with Crippen molar-refractivity contribution in [3.63, 3.8) is 0 Å². The number of aryl methyl sites for hydroxylation is 2. The first kappa shape index (κ1) is 22.0. The Kier molecular flexibility index (Phi) is 7.24. The molecule has 0 fully saturated rings. The minimum absolute atomic E-state index is 0.181. The molecule has 0 aliphatic carbocycles. The Morgan fingerprint density at radius 3 is 2.14 bits per heavy atom. The van der Waals surface area contributed by atoms with Gasteiger partial charge in [-0.15, -0.1) is 0 Å². The van der Waals surface area contributed by atoms with Crippen LogP contribution in [0.5, 0.6) is 5.75 Å². The van der Waals surface area contributed by atoms with Gasteiger partial charge < -0.3 is 10.1 Å². The van der Waals surface area contributed by atoms with Crippen LogP contribution in [0.15, 0.2) is 47.4 Å². The van der Waals surface area contributed by atoms with Gasteiger partial charge in [0.15, 0.2) is 15.9 Å². The number of carbonyl (C=O) groups excluding carboxylic acids is 1. The fourth-order valence-electron chi connectivity index (χ4n) is 2.91. The highest BCUT2D eigenvalue weighted by molar-refractivity contribution is 7.90. The summed E-state index contributed by atoms with van der Waals surface area (Å²) < 4.78 is 29.2. The Labute approximate surface area is 168 Å². The van der Waals surface area contributed by atoms with Gasteiger partial charge in [0.2, 0.25) is 0 Å². The van der Waals surface area contributed by atoms with Gasteiger partial charge in [-0.2, -0.15) is 0 Å². The molecule has 1 N–H and O–H groups in total. The Morgan fingerprint density at radius 2 is 1.64 bits per heavy atom. The molecule has 0 aliphatic heterocycles. The average Bonchev–Trinajstić information content (AvgIpc) is 2.66. The first-order chi connectivity index (χ1) is 13.2. The van der Waals surface area contributed by atoms with E-state index in [1.165, 1.54) is 11.8 Å². The van der Waals surface area contributed by atoms with Crippen LogP contribution >= 0.6 is 0 Å². The largest absolute Gasteiger partial charge is 0.481 e. The molecule has 1 amide bonds. The number of hydrogen-bond acceptors (Lipinski definition) is 4. The van der Waals surface area contributed by atoms with Crippen molar-refractivity contribution in [1.82, 2.24) is 5.32 Å². The van der Waals surface area contributed by atoms with Gasteiger partial charge in [-0.05, 0) is 67.6 Å². The second kappa shape index (κ2) is 9.24. The smallest absolute Gasteiger partial charge is 0.261 e. The second-order valence-electron chi connectivity index (χ2n) is 7.07. The third kappa shape index (κ3) is 5.58. The van der Waals surface area contributed by atoms with Gasteiger partial charge in [-0.1, -0.05) is 32.0 Å². The molecule has 28 heavy (non-hydrogen) atoms. The molecule has 0 heterocycles. The van der Waals surface area contributed by atoms with Gasteiger partial charge in [-0.25, -0.2) is 8.42 Å². The molecule has 0 spiro atoms. The molecule has 5 nitrogen and oxygen atoms in total. The summed E-state index contributed by atoms with van der Waals surface area (Å²) in [6.07, 6.45) is 1.81. The maximum absolute atomic E-state index is 12.8. The Bertz CT molecular complexity index is 920. The number of sulfone groups is 1. The van der Waals surface area contributed by atoms with Crippen molar-refractivity contribution in [1.29, 1.82) is 0 Å². The highest BCUT2D eigenvalue weighted by Crippen LogP contribution is 2.21. The predicted molar refractivity (Wildman–Crippen MR) is 111 cm³/mol. The third-order valence-corrected chi connectivity index (χ3v) is 5.98. The van der Waals surface area contributed by atoms with Crippen molar-refractivity contribution in [3.05, 3.63) is 59.2 Å². The molecule has 2 rings (SSSR count). The van der Waals surface area contributed by atoms with Crippen LogP contribution in [-0.2, 0) is 14.6 Å². The molecule has 0 aromatic heterocycles. The van der Waals surface area contributed by atoms with Gasteiger partial charge in [0.1, 0.15) is 5.75 Å². The number of hydrogen-bond donors (Lipinski definition) is 1. The first-order valence-corrected chi connectivity index (χ1v) is 11.4. The van der Waals surface area contributed by atoms with E-state index in [1.807, 2.05) is 45.9 Å². The summed E-state index contributed by atoms with van der Waals surface area (Å²) >= 11 is 0. The summed E-state index contributed by atoms with van der Waals surface area (Å²) in [5.74, 6) is 0.496. The lowest BCUT2D eigenvalue weighted by molar-refractivity contribution is -0.128. The Balaban J connectivity index is 2.11. The summed E-state index contributed by atoms with van der Waals surface area (Å²) in [4.78, 5) is 13.0. The second-order valence-corrected chi connectivity index (χ2v) is 9.09. The van der Waals surface area contributed by atoms with Crippen molar-refractivity contribution in [3.8, 4) is 5.75 Å². The van der Waals surface area contributed by atoms with Crippen LogP contribution in [0, 0.1) is 13.8 Å². The van der Waals surface area contributed by atoms with E-state index in [0.717, 1.165) is 11.1 Å². The van der Waals surface area contributed by atoms with E-state index in [-0.39, 0.29) is 16.8 Å². The maximum Gasteiger partial charge on any atom is 0.261 e. The molecule has 152 valence electrons. The first-order valence-electron chi connectivity index (χ1n) is 9.50. The van der Waals surface area contributed by atoms with E-state index in [0.29, 0.717) is 18.6 Å². The molecule has 0 aliphatic rings. The lowest BCUT2D eigenvalue weighted by Gasteiger charge is -2.23. The summed E-state index contributed by atoms with van der Waals surface area (Å²) in [5, 5.41) is 3.03. The topological polar surface area (TPSA) is 72.5 Å². The summed E-state index contributed by atoms with van der Waals surface area (Å²) in [5.41, 5.74) is 3.16. The highest BCUT2D eigenvalue weighted by Gasteiger charge is 2.22. The zero-order valence-electron chi connectivity index (χ0n) is 17.2. The zero-order chi connectivity index (χ0) is 20.9. The van der Waals surface area contributed by atoms with E-state index in [1.54, 1.807) is 24.3 Å². The summed E-state index contributed by atoms with van der Waals surface area (Å²) in [6, 6.07) is 12.2. The minimum Gasteiger partial charge on any atom is -0.481 e. The lowest BCUT2D eigenvalue weighted by atomic mass is 10.0. The zero-order valence-corrected chi connectivity index (χ0v) is 18.0. The molecule has 0 saturated heterocycles. The van der Waals surface area contributed by atoms with Crippen LogP contribution in [0.3, 0.4) is 0 Å². The number of carbonyl (C=O) groups is 1. The standard InChI is InChI=1S/C22H29NO4S/c1-6-20(17-9-12-19(13-10-17)28(5,25)26)23-22(24)21(7-2)27-18-11-8-15(3)16(4)14-18/h8-14,20-21H,6-7H2,1-5H3,(H,23,24). The van der Waals surface area contributed by atoms with Crippen molar-refractivity contribution >= 4 is 15.7 Å². The normalized spacial score (nSPS) is 13.6. The van der Waals surface area contributed by atoms with E-state index in [2.05, 4.69) is 5.32 Å². The van der Waals surface area contributed by atoms with Crippen LogP contribution in [0.2, 0.25) is 0 Å². The number of nitrogens with one attached hydrogen (secondary N) is 1. The van der Waals surface area contributed by atoms with Gasteiger partial charge in [0.05, 0.1) is 10.9 Å². The summed E-state index contributed by atoms with van der Waals surface area (Å²) in [7, 11) is -3.24. The predicted octanol–water partition coefficient (Wildman–Crippen LogP) is 4.13. The number of rotatable bonds is 8.